The Morgan fingerprint density at radius 2 is 1.85 bits per heavy atom. The summed E-state index contributed by atoms with van der Waals surface area (Å²) < 4.78 is 26.7. The second-order valence-corrected chi connectivity index (χ2v) is 10.9. The molecule has 0 bridgehead atoms. The van der Waals surface area contributed by atoms with E-state index in [0.717, 1.165) is 16.2 Å². The molecule has 202 valence electrons. The maximum Gasteiger partial charge on any atom is 0.417 e. The molecule has 11 heteroatoms. The van der Waals surface area contributed by atoms with Gasteiger partial charge in [-0.1, -0.05) is 12.1 Å². The van der Waals surface area contributed by atoms with Crippen molar-refractivity contribution in [3.05, 3.63) is 90.8 Å². The molecule has 1 N–H and O–H groups in total. The standard InChI is InChI=1S/C28H29FN6O3S/c1-28(2,3)38-27(36)35(26-23-13-15-30-25(23)31-18-32-26)24-14-16-34(39-22-11-7-20(29)8-12-22)33(24)17-19-5-9-21(37-4)10-6-19/h5-16,18,24H,17H2,1-4H3,(H,30,31,32). The molecule has 3 heterocycles. The number of hydrogen-bond acceptors (Lipinski definition) is 8. The van der Waals surface area contributed by atoms with Crippen molar-refractivity contribution in [3.8, 4) is 5.75 Å². The Kier molecular flexibility index (Phi) is 7.45. The highest BCUT2D eigenvalue weighted by Crippen LogP contribution is 2.36. The molecule has 0 saturated heterocycles. The summed E-state index contributed by atoms with van der Waals surface area (Å²) in [6.45, 7) is 5.91. The number of methoxy groups -OCH3 is 1. The van der Waals surface area contributed by atoms with E-state index in [1.165, 1.54) is 35.3 Å². The molecule has 0 saturated carbocycles. The number of aromatic amines is 1. The quantitative estimate of drug-likeness (QED) is 0.276. The van der Waals surface area contributed by atoms with Crippen LogP contribution in [0.15, 0.2) is 84.3 Å². The molecular formula is C28H29FN6O3S. The Balaban J connectivity index is 1.55. The van der Waals surface area contributed by atoms with Gasteiger partial charge in [-0.15, -0.1) is 0 Å². The van der Waals surface area contributed by atoms with E-state index in [2.05, 4.69) is 15.0 Å². The number of aromatic nitrogens is 3. The number of nitrogens with zero attached hydrogens (tertiary/aromatic N) is 5. The predicted octanol–water partition coefficient (Wildman–Crippen LogP) is 6.13. The number of carbonyl (C=O) groups is 1. The van der Waals surface area contributed by atoms with E-state index in [1.54, 1.807) is 25.4 Å². The largest absolute Gasteiger partial charge is 0.497 e. The zero-order valence-corrected chi connectivity index (χ0v) is 22.9. The maximum atomic E-state index is 13.8. The van der Waals surface area contributed by atoms with Crippen LogP contribution in [0.2, 0.25) is 0 Å². The third-order valence-corrected chi connectivity index (χ3v) is 6.88. The van der Waals surface area contributed by atoms with Gasteiger partial charge in [0.05, 0.1) is 12.5 Å². The third-order valence-electron chi connectivity index (χ3n) is 5.88. The number of amides is 1. The first kappa shape index (κ1) is 26.5. The fourth-order valence-electron chi connectivity index (χ4n) is 4.12. The zero-order valence-electron chi connectivity index (χ0n) is 22.0. The molecule has 1 aliphatic heterocycles. The Morgan fingerprint density at radius 1 is 1.10 bits per heavy atom. The van der Waals surface area contributed by atoms with Crippen molar-refractivity contribution in [1.82, 2.24) is 24.4 Å². The summed E-state index contributed by atoms with van der Waals surface area (Å²) in [5.74, 6) is 0.858. The van der Waals surface area contributed by atoms with Gasteiger partial charge in [0.25, 0.3) is 0 Å². The lowest BCUT2D eigenvalue weighted by atomic mass is 10.2. The molecule has 2 aromatic heterocycles. The fourth-order valence-corrected chi connectivity index (χ4v) is 4.98. The van der Waals surface area contributed by atoms with Crippen molar-refractivity contribution in [2.24, 2.45) is 0 Å². The molecule has 39 heavy (non-hydrogen) atoms. The zero-order chi connectivity index (χ0) is 27.6. The minimum Gasteiger partial charge on any atom is -0.497 e. The molecular weight excluding hydrogens is 519 g/mol. The Morgan fingerprint density at radius 3 is 2.54 bits per heavy atom. The lowest BCUT2D eigenvalue weighted by Gasteiger charge is -2.38. The van der Waals surface area contributed by atoms with Crippen LogP contribution in [0.25, 0.3) is 11.0 Å². The summed E-state index contributed by atoms with van der Waals surface area (Å²) in [5, 5.41) is 2.70. The van der Waals surface area contributed by atoms with Gasteiger partial charge in [0, 0.05) is 35.8 Å². The van der Waals surface area contributed by atoms with Crippen molar-refractivity contribution < 1.29 is 18.7 Å². The average molecular weight is 549 g/mol. The van der Waals surface area contributed by atoms with E-state index in [-0.39, 0.29) is 5.82 Å². The van der Waals surface area contributed by atoms with Crippen LogP contribution in [-0.4, -0.2) is 49.3 Å². The molecule has 1 atom stereocenters. The summed E-state index contributed by atoms with van der Waals surface area (Å²) in [6, 6.07) is 15.8. The average Bonchev–Trinajstić information content (AvgIpc) is 3.53. The number of nitrogens with one attached hydrogen (secondary N) is 1. The van der Waals surface area contributed by atoms with Crippen LogP contribution in [0.3, 0.4) is 0 Å². The summed E-state index contributed by atoms with van der Waals surface area (Å²) in [4.78, 5) is 28.0. The highest BCUT2D eigenvalue weighted by Gasteiger charge is 2.39. The van der Waals surface area contributed by atoms with Crippen LogP contribution in [-0.2, 0) is 11.3 Å². The van der Waals surface area contributed by atoms with Crippen molar-refractivity contribution in [2.75, 3.05) is 12.0 Å². The number of benzene rings is 2. The normalized spacial score (nSPS) is 15.6. The van der Waals surface area contributed by atoms with Gasteiger partial charge < -0.3 is 14.5 Å². The van der Waals surface area contributed by atoms with Crippen LogP contribution in [0.4, 0.5) is 15.0 Å². The summed E-state index contributed by atoms with van der Waals surface area (Å²) in [7, 11) is 1.62. The van der Waals surface area contributed by atoms with E-state index in [0.29, 0.717) is 23.4 Å². The van der Waals surface area contributed by atoms with Gasteiger partial charge in [-0.25, -0.2) is 28.5 Å². The Hall–Kier alpha value is -4.09. The molecule has 0 aliphatic carbocycles. The van der Waals surface area contributed by atoms with E-state index >= 15 is 0 Å². The molecule has 1 amide bonds. The number of ether oxygens (including phenoxy) is 2. The molecule has 0 spiro atoms. The van der Waals surface area contributed by atoms with Gasteiger partial charge in [0.15, 0.2) is 5.82 Å². The third kappa shape index (κ3) is 5.99. The van der Waals surface area contributed by atoms with Gasteiger partial charge in [-0.3, -0.25) is 0 Å². The molecule has 9 nitrogen and oxygen atoms in total. The monoisotopic (exact) mass is 548 g/mol. The first-order valence-electron chi connectivity index (χ1n) is 12.3. The fraction of sp³-hybridized carbons (Fsp3) is 0.250. The van der Waals surface area contributed by atoms with Crippen molar-refractivity contribution in [2.45, 2.75) is 44.0 Å². The van der Waals surface area contributed by atoms with Crippen molar-refractivity contribution in [1.29, 1.82) is 0 Å². The van der Waals surface area contributed by atoms with E-state index in [1.807, 2.05) is 72.8 Å². The Bertz CT molecular complexity index is 1470. The summed E-state index contributed by atoms with van der Waals surface area (Å²) in [5.41, 5.74) is 0.869. The SMILES string of the molecule is COc1ccc(CN2C(N(C(=O)OC(C)(C)C)c3ncnc4[nH]ccc34)C=CN2Sc2ccc(F)cc2)cc1. The number of hydrogen-bond donors (Lipinski definition) is 1. The molecule has 5 rings (SSSR count). The lowest BCUT2D eigenvalue weighted by Crippen LogP contribution is -2.52. The highest BCUT2D eigenvalue weighted by atomic mass is 32.2. The van der Waals surface area contributed by atoms with E-state index in [4.69, 9.17) is 9.47 Å². The summed E-state index contributed by atoms with van der Waals surface area (Å²) in [6.07, 6.45) is 5.82. The molecule has 2 aromatic carbocycles. The first-order chi connectivity index (χ1) is 18.7. The second-order valence-electron chi connectivity index (χ2n) is 9.84. The van der Waals surface area contributed by atoms with Crippen LogP contribution in [0, 0.1) is 5.82 Å². The Labute approximate surface area is 230 Å². The number of carbonyl (C=O) groups excluding carboxylic acids is 1. The van der Waals surface area contributed by atoms with Crippen LogP contribution >= 0.6 is 11.9 Å². The smallest absolute Gasteiger partial charge is 0.417 e. The van der Waals surface area contributed by atoms with E-state index in [9.17, 15) is 9.18 Å². The van der Waals surface area contributed by atoms with Crippen molar-refractivity contribution in [3.63, 3.8) is 0 Å². The molecule has 4 aromatic rings. The number of hydrazine groups is 1. The number of rotatable bonds is 7. The lowest BCUT2D eigenvalue weighted by molar-refractivity contribution is 0.0432. The number of H-pyrrole nitrogens is 1. The van der Waals surface area contributed by atoms with Crippen LogP contribution in [0.5, 0.6) is 5.75 Å². The minimum atomic E-state index is -0.731. The highest BCUT2D eigenvalue weighted by molar-refractivity contribution is 7.97. The minimum absolute atomic E-state index is 0.306. The van der Waals surface area contributed by atoms with Gasteiger partial charge in [0.2, 0.25) is 0 Å². The molecule has 1 aliphatic rings. The number of anilines is 1. The van der Waals surface area contributed by atoms with Gasteiger partial charge in [-0.2, -0.15) is 5.01 Å². The van der Waals surface area contributed by atoms with Gasteiger partial charge in [-0.05, 0) is 74.9 Å². The molecule has 0 fully saturated rings. The van der Waals surface area contributed by atoms with Gasteiger partial charge >= 0.3 is 6.09 Å². The van der Waals surface area contributed by atoms with Crippen LogP contribution in [0.1, 0.15) is 26.3 Å². The maximum absolute atomic E-state index is 13.8. The molecule has 0 radical (unpaired) electrons. The second kappa shape index (κ2) is 11.0. The van der Waals surface area contributed by atoms with Crippen LogP contribution < -0.4 is 9.64 Å². The predicted molar refractivity (Wildman–Crippen MR) is 148 cm³/mol. The van der Waals surface area contributed by atoms with Gasteiger partial charge in [0.1, 0.15) is 35.3 Å². The number of halogens is 1. The topological polar surface area (TPSA) is 86.8 Å². The first-order valence-corrected chi connectivity index (χ1v) is 13.1. The van der Waals surface area contributed by atoms with E-state index < -0.39 is 17.9 Å². The van der Waals surface area contributed by atoms with Crippen molar-refractivity contribution >= 4 is 34.9 Å². The summed E-state index contributed by atoms with van der Waals surface area (Å²) >= 11 is 1.40. The molecule has 1 unspecified atom stereocenters. The number of fused-ring (bicyclic) bond motifs is 1.